The van der Waals surface area contributed by atoms with Crippen molar-refractivity contribution in [1.82, 2.24) is 5.32 Å². The van der Waals surface area contributed by atoms with Crippen molar-refractivity contribution in [2.75, 3.05) is 11.9 Å². The van der Waals surface area contributed by atoms with Crippen LogP contribution in [0, 0.1) is 5.92 Å². The lowest BCUT2D eigenvalue weighted by molar-refractivity contribution is -0.137. The number of hydrogen-bond acceptors (Lipinski definition) is 3. The Balaban J connectivity index is 2.27. The fraction of sp³-hybridized carbons (Fsp3) is 0.500. The minimum atomic E-state index is -4.61. The Morgan fingerprint density at radius 1 is 1.25 bits per heavy atom. The molecule has 1 aromatic rings. The summed E-state index contributed by atoms with van der Waals surface area (Å²) in [5, 5.41) is 5.04. The summed E-state index contributed by atoms with van der Waals surface area (Å²) in [4.78, 5) is 23.5. The average Bonchev–Trinajstić information content (AvgIpc) is 2.92. The standard InChI is InChI=1S/C16H20F3N3O2/c1-9(23)21-13-6-11(5-12(7-13)16(17,18)19)15(24)22-14-4-2-3-10(14)8-20/h5-7,10,14H,2-4,8,20H2,1H3,(H,21,23)(H,22,24). The molecule has 1 aromatic carbocycles. The van der Waals surface area contributed by atoms with Gasteiger partial charge in [0.2, 0.25) is 5.91 Å². The molecule has 0 bridgehead atoms. The first-order valence-corrected chi connectivity index (χ1v) is 7.71. The fourth-order valence-corrected chi connectivity index (χ4v) is 2.96. The third-order valence-corrected chi connectivity index (χ3v) is 4.12. The summed E-state index contributed by atoms with van der Waals surface area (Å²) >= 11 is 0. The predicted octanol–water partition coefficient (Wildman–Crippen LogP) is 2.52. The third kappa shape index (κ3) is 4.47. The van der Waals surface area contributed by atoms with Crippen molar-refractivity contribution in [1.29, 1.82) is 0 Å². The second-order valence-corrected chi connectivity index (χ2v) is 5.98. The number of carbonyl (C=O) groups excluding carboxylic acids is 2. The second kappa shape index (κ2) is 7.21. The van der Waals surface area contributed by atoms with E-state index in [4.69, 9.17) is 5.73 Å². The molecule has 1 saturated carbocycles. The summed E-state index contributed by atoms with van der Waals surface area (Å²) in [6, 6.07) is 2.68. The molecule has 4 N–H and O–H groups in total. The summed E-state index contributed by atoms with van der Waals surface area (Å²) < 4.78 is 39.0. The summed E-state index contributed by atoms with van der Waals surface area (Å²) in [6.45, 7) is 1.61. The van der Waals surface area contributed by atoms with E-state index < -0.39 is 23.6 Å². The minimum Gasteiger partial charge on any atom is -0.349 e. The van der Waals surface area contributed by atoms with Crippen molar-refractivity contribution in [3.05, 3.63) is 29.3 Å². The van der Waals surface area contributed by atoms with Crippen LogP contribution in [0.2, 0.25) is 0 Å². The monoisotopic (exact) mass is 343 g/mol. The highest BCUT2D eigenvalue weighted by Crippen LogP contribution is 2.32. The van der Waals surface area contributed by atoms with Gasteiger partial charge < -0.3 is 16.4 Å². The van der Waals surface area contributed by atoms with Gasteiger partial charge in [0.25, 0.3) is 5.91 Å². The Labute approximate surface area is 137 Å². The van der Waals surface area contributed by atoms with Crippen LogP contribution in [0.3, 0.4) is 0 Å². The van der Waals surface area contributed by atoms with Crippen LogP contribution >= 0.6 is 0 Å². The zero-order chi connectivity index (χ0) is 17.9. The number of nitrogens with one attached hydrogen (secondary N) is 2. The number of hydrogen-bond donors (Lipinski definition) is 3. The van der Waals surface area contributed by atoms with E-state index in [9.17, 15) is 22.8 Å². The van der Waals surface area contributed by atoms with Crippen molar-refractivity contribution in [3.63, 3.8) is 0 Å². The van der Waals surface area contributed by atoms with Crippen molar-refractivity contribution in [2.45, 2.75) is 38.4 Å². The number of rotatable bonds is 4. The number of anilines is 1. The van der Waals surface area contributed by atoms with E-state index in [1.807, 2.05) is 0 Å². The maximum atomic E-state index is 13.0. The van der Waals surface area contributed by atoms with Gasteiger partial charge in [0.15, 0.2) is 0 Å². The van der Waals surface area contributed by atoms with Gasteiger partial charge in [-0.05, 0) is 43.5 Å². The van der Waals surface area contributed by atoms with Crippen LogP contribution in [0.4, 0.5) is 18.9 Å². The molecule has 1 aliphatic carbocycles. The largest absolute Gasteiger partial charge is 0.416 e. The Bertz CT molecular complexity index is 631. The van der Waals surface area contributed by atoms with Crippen molar-refractivity contribution >= 4 is 17.5 Å². The topological polar surface area (TPSA) is 84.2 Å². The summed E-state index contributed by atoms with van der Waals surface area (Å²) in [7, 11) is 0. The number of nitrogens with two attached hydrogens (primary N) is 1. The molecule has 8 heteroatoms. The highest BCUT2D eigenvalue weighted by atomic mass is 19.4. The number of carbonyl (C=O) groups is 2. The summed E-state index contributed by atoms with van der Waals surface area (Å²) in [5.41, 5.74) is 4.46. The van der Waals surface area contributed by atoms with Crippen molar-refractivity contribution in [3.8, 4) is 0 Å². The van der Waals surface area contributed by atoms with Crippen molar-refractivity contribution < 1.29 is 22.8 Å². The smallest absolute Gasteiger partial charge is 0.349 e. The molecule has 5 nitrogen and oxygen atoms in total. The summed E-state index contributed by atoms with van der Waals surface area (Å²) in [6.07, 6.45) is -2.05. The molecule has 0 radical (unpaired) electrons. The maximum absolute atomic E-state index is 13.0. The third-order valence-electron chi connectivity index (χ3n) is 4.12. The van der Waals surface area contributed by atoms with Crippen LogP contribution in [0.25, 0.3) is 0 Å². The van der Waals surface area contributed by atoms with Gasteiger partial charge >= 0.3 is 6.18 Å². The molecular formula is C16H20F3N3O2. The second-order valence-electron chi connectivity index (χ2n) is 5.98. The van der Waals surface area contributed by atoms with E-state index >= 15 is 0 Å². The van der Waals surface area contributed by atoms with Gasteiger partial charge in [0.1, 0.15) is 0 Å². The predicted molar refractivity (Wildman–Crippen MR) is 83.4 cm³/mol. The molecule has 0 spiro atoms. The first kappa shape index (κ1) is 18.3. The van der Waals surface area contributed by atoms with Gasteiger partial charge in [-0.25, -0.2) is 0 Å². The molecule has 2 amide bonds. The lowest BCUT2D eigenvalue weighted by atomic mass is 10.0. The minimum absolute atomic E-state index is 0.0655. The SMILES string of the molecule is CC(=O)Nc1cc(C(=O)NC2CCCC2CN)cc(C(F)(F)F)c1. The lowest BCUT2D eigenvalue weighted by Gasteiger charge is -2.20. The molecule has 0 saturated heterocycles. The van der Waals surface area contributed by atoms with E-state index in [-0.39, 0.29) is 23.2 Å². The average molecular weight is 343 g/mol. The molecule has 2 atom stereocenters. The maximum Gasteiger partial charge on any atom is 0.416 e. The first-order chi connectivity index (χ1) is 11.2. The van der Waals surface area contributed by atoms with Crippen LogP contribution in [0.1, 0.15) is 42.1 Å². The number of amides is 2. The molecular weight excluding hydrogens is 323 g/mol. The van der Waals surface area contributed by atoms with Crippen LogP contribution in [-0.4, -0.2) is 24.4 Å². The van der Waals surface area contributed by atoms with E-state index in [2.05, 4.69) is 10.6 Å². The quantitative estimate of drug-likeness (QED) is 0.785. The molecule has 0 aromatic heterocycles. The van der Waals surface area contributed by atoms with Gasteiger partial charge in [0.05, 0.1) is 5.56 Å². The lowest BCUT2D eigenvalue weighted by Crippen LogP contribution is -2.40. The molecule has 0 aliphatic heterocycles. The van der Waals surface area contributed by atoms with Gasteiger partial charge in [-0.3, -0.25) is 9.59 Å². The first-order valence-electron chi connectivity index (χ1n) is 7.71. The van der Waals surface area contributed by atoms with Gasteiger partial charge in [-0.2, -0.15) is 13.2 Å². The van der Waals surface area contributed by atoms with E-state index in [1.54, 1.807) is 0 Å². The Morgan fingerprint density at radius 2 is 1.96 bits per heavy atom. The van der Waals surface area contributed by atoms with Gasteiger partial charge in [-0.15, -0.1) is 0 Å². The van der Waals surface area contributed by atoms with Crippen LogP contribution in [0.15, 0.2) is 18.2 Å². The van der Waals surface area contributed by atoms with Gasteiger partial charge in [0, 0.05) is 24.2 Å². The van der Waals surface area contributed by atoms with Crippen LogP contribution in [0.5, 0.6) is 0 Å². The molecule has 24 heavy (non-hydrogen) atoms. The number of benzene rings is 1. The Morgan fingerprint density at radius 3 is 2.54 bits per heavy atom. The Kier molecular flexibility index (Phi) is 5.48. The Hall–Kier alpha value is -2.09. The molecule has 132 valence electrons. The fourth-order valence-electron chi connectivity index (χ4n) is 2.96. The highest BCUT2D eigenvalue weighted by Gasteiger charge is 2.33. The zero-order valence-electron chi connectivity index (χ0n) is 13.2. The number of alkyl halides is 3. The van der Waals surface area contributed by atoms with E-state index in [1.165, 1.54) is 13.0 Å². The molecule has 1 aliphatic rings. The molecule has 2 rings (SSSR count). The van der Waals surface area contributed by atoms with E-state index in [0.29, 0.717) is 6.54 Å². The van der Waals surface area contributed by atoms with Gasteiger partial charge in [-0.1, -0.05) is 6.42 Å². The normalized spacial score (nSPS) is 20.7. The molecule has 2 unspecified atom stereocenters. The zero-order valence-corrected chi connectivity index (χ0v) is 13.2. The molecule has 0 heterocycles. The van der Waals surface area contributed by atoms with Crippen molar-refractivity contribution in [2.24, 2.45) is 11.7 Å². The van der Waals surface area contributed by atoms with Crippen LogP contribution < -0.4 is 16.4 Å². The highest BCUT2D eigenvalue weighted by molar-refractivity contribution is 5.97. The van der Waals surface area contributed by atoms with E-state index in [0.717, 1.165) is 31.4 Å². The van der Waals surface area contributed by atoms with Crippen LogP contribution in [-0.2, 0) is 11.0 Å². The summed E-state index contributed by atoms with van der Waals surface area (Å²) in [5.74, 6) is -0.979. The number of halogens is 3. The molecule has 1 fully saturated rings.